The standard InChI is InChI=1S/C14H14ClN3O3/c1-3-21-14(20)9-4-6-10(7-5-9)17-13(19)12-11(15)8-16-18(12)2/h4-8H,3H2,1-2H3,(H,17,19). The molecule has 0 aliphatic heterocycles. The van der Waals surface area contributed by atoms with Gasteiger partial charge >= 0.3 is 5.97 Å². The van der Waals surface area contributed by atoms with Crippen molar-refractivity contribution in [2.24, 2.45) is 7.05 Å². The molecule has 0 saturated heterocycles. The van der Waals surface area contributed by atoms with Gasteiger partial charge in [0.25, 0.3) is 5.91 Å². The first-order valence-corrected chi connectivity index (χ1v) is 6.66. The largest absolute Gasteiger partial charge is 0.462 e. The van der Waals surface area contributed by atoms with E-state index in [9.17, 15) is 9.59 Å². The van der Waals surface area contributed by atoms with Crippen LogP contribution in [0.25, 0.3) is 0 Å². The predicted octanol–water partition coefficient (Wildman–Crippen LogP) is 2.50. The Balaban J connectivity index is 2.10. The van der Waals surface area contributed by atoms with Crippen molar-refractivity contribution in [2.75, 3.05) is 11.9 Å². The normalized spacial score (nSPS) is 10.2. The molecule has 1 heterocycles. The minimum atomic E-state index is -0.398. The zero-order valence-electron chi connectivity index (χ0n) is 11.6. The Labute approximate surface area is 126 Å². The molecule has 0 bridgehead atoms. The number of carbonyl (C=O) groups excluding carboxylic acids is 2. The summed E-state index contributed by atoms with van der Waals surface area (Å²) in [6.07, 6.45) is 1.40. The quantitative estimate of drug-likeness (QED) is 0.881. The first-order chi connectivity index (χ1) is 10.0. The number of esters is 1. The number of ether oxygens (including phenoxy) is 1. The molecule has 1 N–H and O–H groups in total. The van der Waals surface area contributed by atoms with Crippen molar-refractivity contribution in [3.63, 3.8) is 0 Å². The van der Waals surface area contributed by atoms with Gasteiger partial charge < -0.3 is 10.1 Å². The number of amides is 1. The summed E-state index contributed by atoms with van der Waals surface area (Å²) in [5.41, 5.74) is 1.24. The Kier molecular flexibility index (Phi) is 4.59. The maximum absolute atomic E-state index is 12.1. The molecule has 2 aromatic rings. The van der Waals surface area contributed by atoms with Gasteiger partial charge in [0.15, 0.2) is 0 Å². The van der Waals surface area contributed by atoms with Gasteiger partial charge in [0.1, 0.15) is 5.69 Å². The molecule has 0 aliphatic carbocycles. The number of hydrogen-bond donors (Lipinski definition) is 1. The number of nitrogens with one attached hydrogen (secondary N) is 1. The van der Waals surface area contributed by atoms with Crippen LogP contribution < -0.4 is 5.32 Å². The molecule has 0 radical (unpaired) electrons. The van der Waals surface area contributed by atoms with E-state index < -0.39 is 5.97 Å². The molecule has 2 rings (SSSR count). The lowest BCUT2D eigenvalue weighted by Gasteiger charge is -2.07. The summed E-state index contributed by atoms with van der Waals surface area (Å²) in [6.45, 7) is 2.06. The van der Waals surface area contributed by atoms with Crippen molar-refractivity contribution in [3.05, 3.63) is 46.7 Å². The fraction of sp³-hybridized carbons (Fsp3) is 0.214. The first kappa shape index (κ1) is 15.1. The summed E-state index contributed by atoms with van der Waals surface area (Å²) >= 11 is 5.90. The molecule has 110 valence electrons. The van der Waals surface area contributed by atoms with Crippen molar-refractivity contribution in [2.45, 2.75) is 6.92 Å². The van der Waals surface area contributed by atoms with Crippen LogP contribution in [0.2, 0.25) is 5.02 Å². The summed E-state index contributed by atoms with van der Waals surface area (Å²) in [6, 6.07) is 6.40. The zero-order valence-corrected chi connectivity index (χ0v) is 12.3. The second-order valence-electron chi connectivity index (χ2n) is 4.22. The molecule has 6 nitrogen and oxygen atoms in total. The van der Waals surface area contributed by atoms with E-state index >= 15 is 0 Å². The van der Waals surface area contributed by atoms with E-state index in [-0.39, 0.29) is 16.6 Å². The number of hydrogen-bond acceptors (Lipinski definition) is 4. The molecule has 0 spiro atoms. The minimum absolute atomic E-state index is 0.270. The molecular weight excluding hydrogens is 294 g/mol. The summed E-state index contributed by atoms with van der Waals surface area (Å²) in [7, 11) is 1.63. The molecule has 0 saturated carbocycles. The third kappa shape index (κ3) is 3.41. The lowest BCUT2D eigenvalue weighted by Crippen LogP contribution is -2.16. The Morgan fingerprint density at radius 2 is 2.00 bits per heavy atom. The van der Waals surface area contributed by atoms with Crippen LogP contribution in [0.3, 0.4) is 0 Å². The summed E-state index contributed by atoms with van der Waals surface area (Å²) < 4.78 is 6.28. The predicted molar refractivity (Wildman–Crippen MR) is 78.6 cm³/mol. The number of benzene rings is 1. The average Bonchev–Trinajstić information content (AvgIpc) is 2.79. The molecule has 21 heavy (non-hydrogen) atoms. The third-order valence-electron chi connectivity index (χ3n) is 2.76. The number of aromatic nitrogens is 2. The lowest BCUT2D eigenvalue weighted by molar-refractivity contribution is 0.0526. The molecule has 1 aromatic carbocycles. The molecule has 1 amide bonds. The maximum Gasteiger partial charge on any atom is 0.338 e. The fourth-order valence-electron chi connectivity index (χ4n) is 1.76. The smallest absolute Gasteiger partial charge is 0.338 e. The van der Waals surface area contributed by atoms with Crippen molar-refractivity contribution in [1.82, 2.24) is 9.78 Å². The van der Waals surface area contributed by atoms with Crippen LogP contribution in [0, 0.1) is 0 Å². The SMILES string of the molecule is CCOC(=O)c1ccc(NC(=O)c2c(Cl)cnn2C)cc1. The van der Waals surface area contributed by atoms with Crippen LogP contribution in [0.5, 0.6) is 0 Å². The highest BCUT2D eigenvalue weighted by atomic mass is 35.5. The number of carbonyl (C=O) groups is 2. The lowest BCUT2D eigenvalue weighted by atomic mass is 10.2. The van der Waals surface area contributed by atoms with Crippen LogP contribution in [-0.4, -0.2) is 28.3 Å². The highest BCUT2D eigenvalue weighted by Crippen LogP contribution is 2.17. The van der Waals surface area contributed by atoms with Crippen LogP contribution in [0.4, 0.5) is 5.69 Å². The third-order valence-corrected chi connectivity index (χ3v) is 3.04. The number of rotatable bonds is 4. The van der Waals surface area contributed by atoms with E-state index in [0.717, 1.165) is 0 Å². The van der Waals surface area contributed by atoms with E-state index in [4.69, 9.17) is 16.3 Å². The van der Waals surface area contributed by atoms with Crippen molar-refractivity contribution in [3.8, 4) is 0 Å². The van der Waals surface area contributed by atoms with Gasteiger partial charge in [0, 0.05) is 12.7 Å². The molecule has 0 unspecified atom stereocenters. The highest BCUT2D eigenvalue weighted by molar-refractivity contribution is 6.34. The number of nitrogens with zero attached hydrogens (tertiary/aromatic N) is 2. The zero-order chi connectivity index (χ0) is 15.4. The number of aryl methyl sites for hydroxylation is 1. The van der Waals surface area contributed by atoms with Crippen LogP contribution in [0.1, 0.15) is 27.8 Å². The minimum Gasteiger partial charge on any atom is -0.462 e. The van der Waals surface area contributed by atoms with Gasteiger partial charge in [-0.2, -0.15) is 5.10 Å². The summed E-state index contributed by atoms with van der Waals surface area (Å²) in [5.74, 6) is -0.769. The van der Waals surface area contributed by atoms with E-state index in [1.54, 1.807) is 38.2 Å². The molecule has 7 heteroatoms. The fourth-order valence-corrected chi connectivity index (χ4v) is 2.01. The molecule has 0 atom stereocenters. The Hall–Kier alpha value is -2.34. The summed E-state index contributed by atoms with van der Waals surface area (Å²) in [4.78, 5) is 23.6. The van der Waals surface area contributed by atoms with Gasteiger partial charge in [0.05, 0.1) is 23.4 Å². The van der Waals surface area contributed by atoms with Crippen LogP contribution >= 0.6 is 11.6 Å². The van der Waals surface area contributed by atoms with E-state index in [0.29, 0.717) is 17.9 Å². The second-order valence-corrected chi connectivity index (χ2v) is 4.62. The molecule has 1 aromatic heterocycles. The monoisotopic (exact) mass is 307 g/mol. The second kappa shape index (κ2) is 6.41. The van der Waals surface area contributed by atoms with Crippen molar-refractivity contribution in [1.29, 1.82) is 0 Å². The van der Waals surface area contributed by atoms with Gasteiger partial charge in [-0.15, -0.1) is 0 Å². The molecular formula is C14H14ClN3O3. The Morgan fingerprint density at radius 3 is 2.52 bits per heavy atom. The molecule has 0 aliphatic rings. The van der Waals surface area contributed by atoms with E-state index in [1.165, 1.54) is 10.9 Å². The number of halogens is 1. The van der Waals surface area contributed by atoms with Crippen LogP contribution in [0.15, 0.2) is 30.5 Å². The average molecular weight is 308 g/mol. The topological polar surface area (TPSA) is 73.2 Å². The first-order valence-electron chi connectivity index (χ1n) is 6.29. The maximum atomic E-state index is 12.1. The Morgan fingerprint density at radius 1 is 1.33 bits per heavy atom. The van der Waals surface area contributed by atoms with E-state index in [1.807, 2.05) is 0 Å². The highest BCUT2D eigenvalue weighted by Gasteiger charge is 2.16. The van der Waals surface area contributed by atoms with Crippen molar-refractivity contribution >= 4 is 29.2 Å². The van der Waals surface area contributed by atoms with Gasteiger partial charge in [-0.3, -0.25) is 9.48 Å². The van der Waals surface area contributed by atoms with Gasteiger partial charge in [-0.05, 0) is 31.2 Å². The van der Waals surface area contributed by atoms with Crippen LogP contribution in [-0.2, 0) is 11.8 Å². The number of anilines is 1. The molecule has 0 fully saturated rings. The van der Waals surface area contributed by atoms with Gasteiger partial charge in [-0.1, -0.05) is 11.6 Å². The summed E-state index contributed by atoms with van der Waals surface area (Å²) in [5, 5.41) is 6.86. The van der Waals surface area contributed by atoms with Crippen molar-refractivity contribution < 1.29 is 14.3 Å². The van der Waals surface area contributed by atoms with E-state index in [2.05, 4.69) is 10.4 Å². The Bertz CT molecular complexity index is 645. The van der Waals surface area contributed by atoms with Gasteiger partial charge in [-0.25, -0.2) is 4.79 Å². The van der Waals surface area contributed by atoms with Gasteiger partial charge in [0.2, 0.25) is 0 Å².